The molecule has 310 valence electrons. The fourth-order valence-corrected chi connectivity index (χ4v) is 10.2. The highest BCUT2D eigenvalue weighted by atomic mass is 16.8. The van der Waals surface area contributed by atoms with Crippen LogP contribution in [0, 0.1) is 23.7 Å². The van der Waals surface area contributed by atoms with Crippen molar-refractivity contribution < 1.29 is 61.8 Å². The van der Waals surface area contributed by atoms with E-state index >= 15 is 0 Å². The molecule has 2 bridgehead atoms. The number of fused-ring (bicyclic) bond motifs is 3. The maximum Gasteiger partial charge on any atom is 0.509 e. The molecule has 0 aromatic rings. The Bertz CT molecular complexity index is 1350. The Hall–Kier alpha value is -2.07. The third-order valence-corrected chi connectivity index (χ3v) is 12.8. The van der Waals surface area contributed by atoms with Gasteiger partial charge in [0, 0.05) is 38.7 Å². The van der Waals surface area contributed by atoms with Crippen LogP contribution < -0.4 is 0 Å². The van der Waals surface area contributed by atoms with Crippen LogP contribution in [-0.4, -0.2) is 128 Å². The van der Waals surface area contributed by atoms with Crippen molar-refractivity contribution in [3.63, 3.8) is 0 Å². The lowest BCUT2D eigenvalue weighted by Crippen LogP contribution is -2.60. The van der Waals surface area contributed by atoms with Gasteiger partial charge in [0.25, 0.3) is 0 Å². The molecule has 5 fully saturated rings. The van der Waals surface area contributed by atoms with Gasteiger partial charge in [-0.2, -0.15) is 0 Å². The van der Waals surface area contributed by atoms with Crippen molar-refractivity contribution in [2.45, 2.75) is 193 Å². The number of esters is 2. The molecule has 0 aromatic heterocycles. The van der Waals surface area contributed by atoms with Crippen molar-refractivity contribution in [1.29, 1.82) is 0 Å². The Labute approximate surface area is 321 Å². The number of carbonyl (C=O) groups excluding carboxylic acids is 3. The van der Waals surface area contributed by atoms with E-state index in [1.54, 1.807) is 21.0 Å². The van der Waals surface area contributed by atoms with E-state index in [0.717, 1.165) is 0 Å². The Morgan fingerprint density at radius 3 is 2.19 bits per heavy atom. The molecule has 5 aliphatic heterocycles. The van der Waals surface area contributed by atoms with Crippen molar-refractivity contribution in [1.82, 2.24) is 4.90 Å². The van der Waals surface area contributed by atoms with E-state index in [0.29, 0.717) is 32.1 Å². The van der Waals surface area contributed by atoms with Gasteiger partial charge in [0.15, 0.2) is 30.4 Å². The van der Waals surface area contributed by atoms with E-state index in [2.05, 4.69) is 6.92 Å². The van der Waals surface area contributed by atoms with Gasteiger partial charge in [0.1, 0.15) is 6.10 Å². The molecule has 0 saturated carbocycles. The van der Waals surface area contributed by atoms with Crippen LogP contribution in [0.1, 0.15) is 108 Å². The first-order chi connectivity index (χ1) is 25.1. The monoisotopic (exact) mass is 769 g/mol. The molecule has 14 nitrogen and oxygen atoms in total. The van der Waals surface area contributed by atoms with E-state index in [1.165, 1.54) is 6.92 Å². The van der Waals surface area contributed by atoms with Crippen LogP contribution in [0.4, 0.5) is 4.79 Å². The van der Waals surface area contributed by atoms with Gasteiger partial charge in [0.05, 0.1) is 53.7 Å². The molecule has 5 heterocycles. The van der Waals surface area contributed by atoms with E-state index in [1.807, 2.05) is 67.5 Å². The second kappa shape index (κ2) is 16.4. The number of methoxy groups -OCH3 is 1. The van der Waals surface area contributed by atoms with Crippen molar-refractivity contribution >= 4 is 18.1 Å². The summed E-state index contributed by atoms with van der Waals surface area (Å²) in [6.07, 6.45) is -4.53. The average Bonchev–Trinajstić information content (AvgIpc) is 3.57. The van der Waals surface area contributed by atoms with Crippen molar-refractivity contribution in [2.75, 3.05) is 21.2 Å². The normalized spacial score (nSPS) is 48.8. The number of carbonyl (C=O) groups is 3. The fourth-order valence-electron chi connectivity index (χ4n) is 10.2. The number of cyclic esters (lactones) is 1. The lowest BCUT2D eigenvalue weighted by Gasteiger charge is -2.48. The van der Waals surface area contributed by atoms with Crippen molar-refractivity contribution in [3.05, 3.63) is 0 Å². The predicted octanol–water partition coefficient (Wildman–Crippen LogP) is 5.41. The van der Waals surface area contributed by atoms with Gasteiger partial charge in [-0.25, -0.2) is 4.79 Å². The van der Waals surface area contributed by atoms with E-state index < -0.39 is 95.9 Å². The molecule has 0 amide bonds. The summed E-state index contributed by atoms with van der Waals surface area (Å²) >= 11 is 0. The lowest BCUT2D eigenvalue weighted by molar-refractivity contribution is -0.313. The molecule has 0 radical (unpaired) electrons. The summed E-state index contributed by atoms with van der Waals surface area (Å²) < 4.78 is 64.1. The molecule has 0 aliphatic carbocycles. The molecule has 54 heavy (non-hydrogen) atoms. The summed E-state index contributed by atoms with van der Waals surface area (Å²) in [6.45, 7) is 20.9. The summed E-state index contributed by atoms with van der Waals surface area (Å²) in [5.74, 6) is -2.72. The lowest BCUT2D eigenvalue weighted by atomic mass is 9.76. The minimum atomic E-state index is -1.28. The first-order valence-corrected chi connectivity index (χ1v) is 19.9. The number of rotatable bonds is 8. The third-order valence-electron chi connectivity index (χ3n) is 12.8. The number of hydrogen-bond acceptors (Lipinski definition) is 14. The van der Waals surface area contributed by atoms with E-state index in [9.17, 15) is 14.4 Å². The minimum absolute atomic E-state index is 0.0101. The molecule has 5 saturated heterocycles. The van der Waals surface area contributed by atoms with Crippen LogP contribution in [0.2, 0.25) is 0 Å². The molecular weight excluding hydrogens is 702 g/mol. The van der Waals surface area contributed by atoms with Gasteiger partial charge < -0.3 is 52.3 Å². The molecule has 5 rings (SSSR count). The van der Waals surface area contributed by atoms with Gasteiger partial charge in [-0.05, 0) is 80.8 Å². The molecule has 0 aromatic carbocycles. The molecule has 0 spiro atoms. The minimum Gasteiger partial charge on any atom is -0.458 e. The fraction of sp³-hybridized carbons (Fsp3) is 0.925. The summed E-state index contributed by atoms with van der Waals surface area (Å²) in [5, 5.41) is 0. The van der Waals surface area contributed by atoms with Crippen LogP contribution in [0.3, 0.4) is 0 Å². The second-order valence-corrected chi connectivity index (χ2v) is 17.7. The van der Waals surface area contributed by atoms with Crippen LogP contribution in [-0.2, 0) is 57.0 Å². The van der Waals surface area contributed by atoms with Crippen LogP contribution in [0.15, 0.2) is 0 Å². The van der Waals surface area contributed by atoms with Crippen LogP contribution >= 0.6 is 0 Å². The second-order valence-electron chi connectivity index (χ2n) is 17.7. The van der Waals surface area contributed by atoms with Crippen LogP contribution in [0.5, 0.6) is 0 Å². The van der Waals surface area contributed by atoms with Gasteiger partial charge in [-0.1, -0.05) is 27.7 Å². The van der Waals surface area contributed by atoms with Crippen molar-refractivity contribution in [3.8, 4) is 0 Å². The summed E-state index contributed by atoms with van der Waals surface area (Å²) in [4.78, 5) is 41.9. The largest absolute Gasteiger partial charge is 0.509 e. The average molecular weight is 770 g/mol. The SMILES string of the molecule is CC[C@H]1OC(=O)[C@H](C)[C@@H](O[C@H]2C[C@@](C)(OC)C[C@H](C)O2)[C@H](C)[C@@H](O[C@@H]2O[C@H](C)C[C@H](N(C)C)[C@H]2OC(C)=O)[C@@]2(C)C[C@@H](C)[C@@H](O2)[C@H](C)[C@H]2OC(=O)O[C@@]21C. The smallest absolute Gasteiger partial charge is 0.458 e. The van der Waals surface area contributed by atoms with E-state index in [4.69, 9.17) is 47.4 Å². The quantitative estimate of drug-likeness (QED) is 0.229. The topological polar surface area (TPSA) is 147 Å². The Morgan fingerprint density at radius 1 is 0.889 bits per heavy atom. The number of hydrogen-bond donors (Lipinski definition) is 0. The Morgan fingerprint density at radius 2 is 1.57 bits per heavy atom. The molecule has 5 aliphatic rings. The molecule has 14 heteroatoms. The maximum atomic E-state index is 14.4. The summed E-state index contributed by atoms with van der Waals surface area (Å²) in [5.41, 5.74) is -2.76. The van der Waals surface area contributed by atoms with E-state index in [-0.39, 0.29) is 30.1 Å². The predicted molar refractivity (Wildman–Crippen MR) is 195 cm³/mol. The third kappa shape index (κ3) is 8.60. The zero-order valence-corrected chi connectivity index (χ0v) is 35.0. The first kappa shape index (κ1) is 43.1. The molecule has 0 N–H and O–H groups in total. The molecule has 18 atom stereocenters. The zero-order valence-electron chi connectivity index (χ0n) is 35.0. The molecular formula is C40H67NO13. The number of nitrogens with zero attached hydrogens (tertiary/aromatic N) is 1. The first-order valence-electron chi connectivity index (χ1n) is 19.9. The van der Waals surface area contributed by atoms with Crippen molar-refractivity contribution in [2.24, 2.45) is 23.7 Å². The Kier molecular flexibility index (Phi) is 13.1. The highest BCUT2D eigenvalue weighted by molar-refractivity contribution is 5.73. The van der Waals surface area contributed by atoms with Crippen LogP contribution in [0.25, 0.3) is 0 Å². The summed E-state index contributed by atoms with van der Waals surface area (Å²) in [6, 6.07) is -0.192. The molecule has 0 unspecified atom stereocenters. The zero-order chi connectivity index (χ0) is 40.1. The van der Waals surface area contributed by atoms with Gasteiger partial charge >= 0.3 is 18.1 Å². The number of ether oxygens (including phenoxy) is 10. The standard InChI is InChI=1S/C40H67NO13/c1-15-28-40(11)34(52-37(44)54-40)23(5)30-20(2)17-39(10,53-30)33(51-36-32(48-26(8)42)27(41(12)13)16-21(3)47-36)24(6)31(25(7)35(43)49-28)50-29-19-38(9,45-14)18-22(4)46-29/h20-25,27-34,36H,15-19H2,1-14H3/t20-,21-,22+,23+,24+,25-,27+,28-,29+,30-,31+,32-,33-,34-,36+,38+,39-,40-/m1/s1. The van der Waals surface area contributed by atoms with Gasteiger partial charge in [-0.15, -0.1) is 0 Å². The highest BCUT2D eigenvalue weighted by Crippen LogP contribution is 2.50. The summed E-state index contributed by atoms with van der Waals surface area (Å²) in [7, 11) is 5.57. The van der Waals surface area contributed by atoms with Gasteiger partial charge in [0.2, 0.25) is 0 Å². The van der Waals surface area contributed by atoms with Gasteiger partial charge in [-0.3, -0.25) is 9.59 Å². The number of likely N-dealkylation sites (N-methyl/N-ethyl adjacent to an activating group) is 1. The Balaban J connectivity index is 1.63. The maximum absolute atomic E-state index is 14.4. The highest BCUT2D eigenvalue weighted by Gasteiger charge is 2.62.